The minimum absolute atomic E-state index is 0.875. The molecule has 1 aromatic carbocycles. The number of aromatic nitrogens is 3. The van der Waals surface area contributed by atoms with Crippen LogP contribution in [0.2, 0.25) is 0 Å². The molecule has 0 atom stereocenters. The van der Waals surface area contributed by atoms with Gasteiger partial charge in [-0.25, -0.2) is 9.97 Å². The number of nitrogens with zero attached hydrogens (tertiary/aromatic N) is 3. The number of thioether (sulfide) groups is 1. The van der Waals surface area contributed by atoms with Crippen molar-refractivity contribution in [3.63, 3.8) is 0 Å². The molecule has 5 heteroatoms. The molecule has 0 saturated heterocycles. The Morgan fingerprint density at radius 3 is 2.85 bits per heavy atom. The summed E-state index contributed by atoms with van der Waals surface area (Å²) in [4.78, 5) is 8.74. The van der Waals surface area contributed by atoms with Gasteiger partial charge in [-0.1, -0.05) is 42.1 Å². The van der Waals surface area contributed by atoms with Crippen molar-refractivity contribution >= 4 is 23.1 Å². The highest BCUT2D eigenvalue weighted by Gasteiger charge is 2.05. The van der Waals surface area contributed by atoms with E-state index in [9.17, 15) is 0 Å². The fraction of sp³-hybridized carbons (Fsp3) is 0.200. The minimum Gasteiger partial charge on any atom is -0.322 e. The van der Waals surface area contributed by atoms with Crippen LogP contribution in [0.5, 0.6) is 0 Å². The van der Waals surface area contributed by atoms with Gasteiger partial charge in [-0.15, -0.1) is 11.3 Å². The fourth-order valence-electron chi connectivity index (χ4n) is 1.94. The Hall–Kier alpha value is -1.59. The van der Waals surface area contributed by atoms with Crippen LogP contribution in [-0.4, -0.2) is 20.3 Å². The lowest BCUT2D eigenvalue weighted by Gasteiger charge is -2.07. The van der Waals surface area contributed by atoms with Crippen LogP contribution in [0.25, 0.3) is 0 Å². The molecule has 102 valence electrons. The summed E-state index contributed by atoms with van der Waals surface area (Å²) in [5.41, 5.74) is 4.35. The molecule has 0 aliphatic rings. The van der Waals surface area contributed by atoms with Gasteiger partial charge in [-0.2, -0.15) is 0 Å². The first kappa shape index (κ1) is 13.4. The average molecular weight is 301 g/mol. The second-order valence-electron chi connectivity index (χ2n) is 4.40. The molecule has 0 bridgehead atoms. The van der Waals surface area contributed by atoms with E-state index in [1.54, 1.807) is 23.1 Å². The fourth-order valence-corrected chi connectivity index (χ4v) is 3.46. The van der Waals surface area contributed by atoms with Gasteiger partial charge in [0.2, 0.25) is 0 Å². The molecular formula is C15H15N3S2. The van der Waals surface area contributed by atoms with Crippen LogP contribution in [0.4, 0.5) is 0 Å². The smallest absolute Gasteiger partial charge is 0.168 e. The van der Waals surface area contributed by atoms with E-state index in [4.69, 9.17) is 0 Å². The number of aryl methyl sites for hydroxylation is 1. The molecule has 2 aromatic heterocycles. The van der Waals surface area contributed by atoms with Crippen molar-refractivity contribution in [2.24, 2.45) is 0 Å². The molecule has 20 heavy (non-hydrogen) atoms. The SMILES string of the molecule is c1ccc(Cn2ccnc2SCCc2cscn2)cc1. The first-order valence-corrected chi connectivity index (χ1v) is 8.39. The lowest BCUT2D eigenvalue weighted by molar-refractivity contribution is 0.708. The zero-order valence-corrected chi connectivity index (χ0v) is 12.6. The standard InChI is InChI=1S/C15H15N3S2/c1-2-4-13(5-3-1)10-18-8-7-16-15(18)20-9-6-14-11-19-12-17-14/h1-5,7-8,11-12H,6,9-10H2. The first-order chi connectivity index (χ1) is 9.92. The van der Waals surface area contributed by atoms with Crippen molar-refractivity contribution in [1.29, 1.82) is 0 Å². The number of hydrogen-bond donors (Lipinski definition) is 0. The Balaban J connectivity index is 1.59. The largest absolute Gasteiger partial charge is 0.322 e. The summed E-state index contributed by atoms with van der Waals surface area (Å²) in [7, 11) is 0. The summed E-state index contributed by atoms with van der Waals surface area (Å²) in [6.45, 7) is 0.875. The van der Waals surface area contributed by atoms with E-state index >= 15 is 0 Å². The molecule has 0 saturated carbocycles. The molecule has 0 aliphatic heterocycles. The topological polar surface area (TPSA) is 30.7 Å². The maximum atomic E-state index is 4.44. The Bertz CT molecular complexity index is 632. The average Bonchev–Trinajstić information content (AvgIpc) is 3.13. The van der Waals surface area contributed by atoms with Crippen molar-refractivity contribution in [3.8, 4) is 0 Å². The van der Waals surface area contributed by atoms with Crippen molar-refractivity contribution in [1.82, 2.24) is 14.5 Å². The predicted molar refractivity (Wildman–Crippen MR) is 84.3 cm³/mol. The lowest BCUT2D eigenvalue weighted by Crippen LogP contribution is -2.01. The molecule has 3 rings (SSSR count). The Kier molecular flexibility index (Phi) is 4.50. The first-order valence-electron chi connectivity index (χ1n) is 6.47. The summed E-state index contributed by atoms with van der Waals surface area (Å²) in [5, 5.41) is 3.18. The molecule has 0 fully saturated rings. The van der Waals surface area contributed by atoms with Gasteiger partial charge in [-0.05, 0) is 5.56 Å². The summed E-state index contributed by atoms with van der Waals surface area (Å²) in [6.07, 6.45) is 4.90. The molecule has 0 aliphatic carbocycles. The van der Waals surface area contributed by atoms with Gasteiger partial charge in [0.25, 0.3) is 0 Å². The molecule has 0 unspecified atom stereocenters. The second-order valence-corrected chi connectivity index (χ2v) is 6.18. The summed E-state index contributed by atoms with van der Waals surface area (Å²) in [5.74, 6) is 1.01. The van der Waals surface area contributed by atoms with Crippen molar-refractivity contribution < 1.29 is 0 Å². The van der Waals surface area contributed by atoms with Crippen LogP contribution in [0.1, 0.15) is 11.3 Å². The van der Waals surface area contributed by atoms with Gasteiger partial charge in [-0.3, -0.25) is 0 Å². The molecule has 0 N–H and O–H groups in total. The van der Waals surface area contributed by atoms with E-state index in [0.29, 0.717) is 0 Å². The van der Waals surface area contributed by atoms with Crippen LogP contribution in [-0.2, 0) is 13.0 Å². The van der Waals surface area contributed by atoms with E-state index < -0.39 is 0 Å². The van der Waals surface area contributed by atoms with Gasteiger partial charge in [0.15, 0.2) is 5.16 Å². The monoisotopic (exact) mass is 301 g/mol. The highest BCUT2D eigenvalue weighted by atomic mass is 32.2. The van der Waals surface area contributed by atoms with Crippen molar-refractivity contribution in [2.75, 3.05) is 5.75 Å². The maximum Gasteiger partial charge on any atom is 0.168 e. The zero-order chi connectivity index (χ0) is 13.6. The quantitative estimate of drug-likeness (QED) is 0.650. The third-order valence-corrected chi connectivity index (χ3v) is 4.59. The molecule has 3 nitrogen and oxygen atoms in total. The van der Waals surface area contributed by atoms with Crippen molar-refractivity contribution in [2.45, 2.75) is 18.1 Å². The maximum absolute atomic E-state index is 4.44. The normalized spacial score (nSPS) is 10.8. The minimum atomic E-state index is 0.875. The Labute approximate surface area is 126 Å². The predicted octanol–water partition coefficient (Wildman–Crippen LogP) is 3.72. The molecule has 0 spiro atoms. The summed E-state index contributed by atoms with van der Waals surface area (Å²) in [6, 6.07) is 10.5. The van der Waals surface area contributed by atoms with E-state index in [1.807, 2.05) is 24.0 Å². The van der Waals surface area contributed by atoms with Gasteiger partial charge >= 0.3 is 0 Å². The van der Waals surface area contributed by atoms with Crippen LogP contribution >= 0.6 is 23.1 Å². The molecule has 0 amide bonds. The lowest BCUT2D eigenvalue weighted by atomic mass is 10.2. The summed E-state index contributed by atoms with van der Waals surface area (Å²) >= 11 is 3.44. The number of rotatable bonds is 6. The van der Waals surface area contributed by atoms with E-state index in [-0.39, 0.29) is 0 Å². The molecule has 3 aromatic rings. The van der Waals surface area contributed by atoms with Crippen LogP contribution < -0.4 is 0 Å². The highest BCUT2D eigenvalue weighted by Crippen LogP contribution is 2.18. The van der Waals surface area contributed by atoms with Crippen LogP contribution in [0.3, 0.4) is 0 Å². The zero-order valence-electron chi connectivity index (χ0n) is 11.0. The molecule has 2 heterocycles. The second kappa shape index (κ2) is 6.72. The number of hydrogen-bond acceptors (Lipinski definition) is 4. The van der Waals surface area contributed by atoms with E-state index in [2.05, 4.69) is 44.2 Å². The molecular weight excluding hydrogens is 286 g/mol. The van der Waals surface area contributed by atoms with E-state index in [0.717, 1.165) is 23.9 Å². The van der Waals surface area contributed by atoms with Gasteiger partial charge < -0.3 is 4.57 Å². The van der Waals surface area contributed by atoms with Crippen LogP contribution in [0, 0.1) is 0 Å². The Morgan fingerprint density at radius 1 is 1.15 bits per heavy atom. The number of imidazole rings is 1. The highest BCUT2D eigenvalue weighted by molar-refractivity contribution is 7.99. The van der Waals surface area contributed by atoms with Crippen molar-refractivity contribution in [3.05, 3.63) is 64.9 Å². The van der Waals surface area contributed by atoms with Gasteiger partial charge in [0, 0.05) is 36.5 Å². The van der Waals surface area contributed by atoms with Crippen LogP contribution in [0.15, 0.2) is 58.8 Å². The van der Waals surface area contributed by atoms with Gasteiger partial charge in [0.1, 0.15) is 0 Å². The number of benzene rings is 1. The molecule has 0 radical (unpaired) electrons. The Morgan fingerprint density at radius 2 is 2.05 bits per heavy atom. The number of thiazole rings is 1. The third-order valence-electron chi connectivity index (χ3n) is 2.95. The third kappa shape index (κ3) is 3.49. The van der Waals surface area contributed by atoms with Gasteiger partial charge in [0.05, 0.1) is 11.2 Å². The van der Waals surface area contributed by atoms with E-state index in [1.165, 1.54) is 11.3 Å². The summed E-state index contributed by atoms with van der Waals surface area (Å²) < 4.78 is 2.20.